The molecule has 0 atom stereocenters. The molecule has 3 aromatic rings. The smallest absolute Gasteiger partial charge is 0.0914 e. The zero-order valence-electron chi connectivity index (χ0n) is 9.96. The van der Waals surface area contributed by atoms with Crippen LogP contribution in [-0.4, -0.2) is 20.2 Å². The first kappa shape index (κ1) is 10.7. The molecule has 0 amide bonds. The van der Waals surface area contributed by atoms with Gasteiger partial charge in [0.1, 0.15) is 0 Å². The topological polar surface area (TPSA) is 54.5 Å². The number of aromatic nitrogens is 4. The van der Waals surface area contributed by atoms with Crippen molar-refractivity contribution in [1.82, 2.24) is 20.2 Å². The standard InChI is InChI=1S/C14H12N4/c1-10-14(16-9-8-15-10)12-4-2-11(3-5-12)13-6-7-17-18-13/h2-9H,1H3,(H,17,18). The van der Waals surface area contributed by atoms with Gasteiger partial charge < -0.3 is 0 Å². The van der Waals surface area contributed by atoms with Crippen molar-refractivity contribution in [2.24, 2.45) is 0 Å². The van der Waals surface area contributed by atoms with Crippen molar-refractivity contribution in [3.8, 4) is 22.5 Å². The van der Waals surface area contributed by atoms with E-state index in [1.54, 1.807) is 18.6 Å². The first-order chi connectivity index (χ1) is 8.84. The number of hydrogen-bond donors (Lipinski definition) is 1. The van der Waals surface area contributed by atoms with Crippen LogP contribution in [0, 0.1) is 6.92 Å². The minimum Gasteiger partial charge on any atom is -0.278 e. The lowest BCUT2D eigenvalue weighted by Crippen LogP contribution is -1.90. The molecule has 0 spiro atoms. The summed E-state index contributed by atoms with van der Waals surface area (Å²) in [6.07, 6.45) is 5.17. The fourth-order valence-corrected chi connectivity index (χ4v) is 1.92. The highest BCUT2D eigenvalue weighted by Gasteiger charge is 2.04. The van der Waals surface area contributed by atoms with Crippen molar-refractivity contribution in [2.45, 2.75) is 6.92 Å². The van der Waals surface area contributed by atoms with Crippen molar-refractivity contribution >= 4 is 0 Å². The minimum atomic E-state index is 0.925. The summed E-state index contributed by atoms with van der Waals surface area (Å²) < 4.78 is 0. The molecule has 0 aliphatic heterocycles. The Morgan fingerprint density at radius 3 is 2.22 bits per heavy atom. The molecule has 3 rings (SSSR count). The average molecular weight is 236 g/mol. The summed E-state index contributed by atoms with van der Waals surface area (Å²) in [6.45, 7) is 1.96. The number of rotatable bonds is 2. The summed E-state index contributed by atoms with van der Waals surface area (Å²) in [6, 6.07) is 10.1. The van der Waals surface area contributed by atoms with Gasteiger partial charge in [0.15, 0.2) is 0 Å². The van der Waals surface area contributed by atoms with Gasteiger partial charge in [-0.25, -0.2) is 0 Å². The lowest BCUT2D eigenvalue weighted by molar-refractivity contribution is 1.09. The number of H-pyrrole nitrogens is 1. The summed E-state index contributed by atoms with van der Waals surface area (Å²) in [7, 11) is 0. The summed E-state index contributed by atoms with van der Waals surface area (Å²) in [5.41, 5.74) is 5.06. The molecule has 2 heterocycles. The van der Waals surface area contributed by atoms with E-state index in [1.807, 2.05) is 25.1 Å². The molecule has 1 aromatic carbocycles. The number of aromatic amines is 1. The van der Waals surface area contributed by atoms with Crippen LogP contribution in [-0.2, 0) is 0 Å². The molecule has 0 saturated heterocycles. The zero-order chi connectivity index (χ0) is 12.4. The second kappa shape index (κ2) is 4.41. The number of hydrogen-bond acceptors (Lipinski definition) is 3. The van der Waals surface area contributed by atoms with Crippen LogP contribution in [0.4, 0.5) is 0 Å². The highest BCUT2D eigenvalue weighted by atomic mass is 15.1. The van der Waals surface area contributed by atoms with Gasteiger partial charge in [-0.2, -0.15) is 5.10 Å². The molecule has 1 N–H and O–H groups in total. The van der Waals surface area contributed by atoms with Gasteiger partial charge in [0.05, 0.1) is 17.1 Å². The van der Waals surface area contributed by atoms with Gasteiger partial charge in [0.25, 0.3) is 0 Å². The Morgan fingerprint density at radius 1 is 0.833 bits per heavy atom. The number of aryl methyl sites for hydroxylation is 1. The molecule has 0 aliphatic carbocycles. The highest BCUT2D eigenvalue weighted by Crippen LogP contribution is 2.23. The zero-order valence-corrected chi connectivity index (χ0v) is 9.96. The van der Waals surface area contributed by atoms with E-state index in [1.165, 1.54) is 0 Å². The molecule has 88 valence electrons. The third-order valence-electron chi connectivity index (χ3n) is 2.85. The van der Waals surface area contributed by atoms with E-state index >= 15 is 0 Å². The van der Waals surface area contributed by atoms with Crippen LogP contribution in [0.25, 0.3) is 22.5 Å². The maximum atomic E-state index is 4.36. The minimum absolute atomic E-state index is 0.925. The summed E-state index contributed by atoms with van der Waals surface area (Å²) in [4.78, 5) is 8.61. The molecule has 0 bridgehead atoms. The van der Waals surface area contributed by atoms with Crippen LogP contribution < -0.4 is 0 Å². The fraction of sp³-hybridized carbons (Fsp3) is 0.0714. The summed E-state index contributed by atoms with van der Waals surface area (Å²) in [5, 5.41) is 6.89. The molecule has 0 saturated carbocycles. The van der Waals surface area contributed by atoms with E-state index in [9.17, 15) is 0 Å². The Balaban J connectivity index is 1.99. The predicted molar refractivity (Wildman–Crippen MR) is 69.8 cm³/mol. The molecular formula is C14H12N4. The van der Waals surface area contributed by atoms with Crippen molar-refractivity contribution in [3.05, 3.63) is 54.6 Å². The maximum Gasteiger partial charge on any atom is 0.0914 e. The Labute approximate surface area is 105 Å². The van der Waals surface area contributed by atoms with Crippen LogP contribution in [0.3, 0.4) is 0 Å². The highest BCUT2D eigenvalue weighted by molar-refractivity contribution is 5.67. The Morgan fingerprint density at radius 2 is 1.56 bits per heavy atom. The van der Waals surface area contributed by atoms with Crippen molar-refractivity contribution < 1.29 is 0 Å². The van der Waals surface area contributed by atoms with E-state index < -0.39 is 0 Å². The normalized spacial score (nSPS) is 10.5. The van der Waals surface area contributed by atoms with E-state index in [4.69, 9.17) is 0 Å². The third-order valence-corrected chi connectivity index (χ3v) is 2.85. The molecule has 0 unspecified atom stereocenters. The number of nitrogens with one attached hydrogen (secondary N) is 1. The van der Waals surface area contributed by atoms with Gasteiger partial charge >= 0.3 is 0 Å². The largest absolute Gasteiger partial charge is 0.278 e. The molecule has 2 aromatic heterocycles. The molecule has 0 aliphatic rings. The molecule has 0 fully saturated rings. The second-order valence-electron chi connectivity index (χ2n) is 4.04. The van der Waals surface area contributed by atoms with Gasteiger partial charge in [0.2, 0.25) is 0 Å². The van der Waals surface area contributed by atoms with Gasteiger partial charge in [-0.3, -0.25) is 15.1 Å². The Bertz CT molecular complexity index is 642. The van der Waals surface area contributed by atoms with Crippen molar-refractivity contribution in [1.29, 1.82) is 0 Å². The number of benzene rings is 1. The Kier molecular flexibility index (Phi) is 2.61. The number of nitrogens with zero attached hydrogens (tertiary/aromatic N) is 3. The van der Waals surface area contributed by atoms with Crippen LogP contribution in [0.1, 0.15) is 5.69 Å². The lowest BCUT2D eigenvalue weighted by Gasteiger charge is -2.04. The fourth-order valence-electron chi connectivity index (χ4n) is 1.92. The molecule has 18 heavy (non-hydrogen) atoms. The summed E-state index contributed by atoms with van der Waals surface area (Å²) in [5.74, 6) is 0. The molecule has 4 nitrogen and oxygen atoms in total. The third kappa shape index (κ3) is 1.88. The lowest BCUT2D eigenvalue weighted by atomic mass is 10.1. The quantitative estimate of drug-likeness (QED) is 0.744. The molecular weight excluding hydrogens is 224 g/mol. The first-order valence-electron chi connectivity index (χ1n) is 5.72. The molecule has 4 heteroatoms. The van der Waals surface area contributed by atoms with Crippen LogP contribution in [0.5, 0.6) is 0 Å². The van der Waals surface area contributed by atoms with Crippen LogP contribution in [0.2, 0.25) is 0 Å². The van der Waals surface area contributed by atoms with Gasteiger partial charge in [-0.1, -0.05) is 24.3 Å². The van der Waals surface area contributed by atoms with Crippen molar-refractivity contribution in [3.63, 3.8) is 0 Å². The second-order valence-corrected chi connectivity index (χ2v) is 4.04. The summed E-state index contributed by atoms with van der Waals surface area (Å²) >= 11 is 0. The van der Waals surface area contributed by atoms with Crippen LogP contribution >= 0.6 is 0 Å². The van der Waals surface area contributed by atoms with E-state index in [0.717, 1.165) is 28.2 Å². The SMILES string of the molecule is Cc1nccnc1-c1ccc(-c2ccn[nH]2)cc1. The van der Waals surface area contributed by atoms with Gasteiger partial charge in [-0.05, 0) is 18.6 Å². The van der Waals surface area contributed by atoms with Gasteiger partial charge in [0, 0.05) is 24.2 Å². The van der Waals surface area contributed by atoms with Gasteiger partial charge in [-0.15, -0.1) is 0 Å². The maximum absolute atomic E-state index is 4.36. The molecule has 0 radical (unpaired) electrons. The van der Waals surface area contributed by atoms with Crippen molar-refractivity contribution in [2.75, 3.05) is 0 Å². The van der Waals surface area contributed by atoms with Crippen LogP contribution in [0.15, 0.2) is 48.9 Å². The monoisotopic (exact) mass is 236 g/mol. The Hall–Kier alpha value is -2.49. The first-order valence-corrected chi connectivity index (χ1v) is 5.72. The van der Waals surface area contributed by atoms with E-state index in [0.29, 0.717) is 0 Å². The predicted octanol–water partition coefficient (Wildman–Crippen LogP) is 2.84. The van der Waals surface area contributed by atoms with E-state index in [2.05, 4.69) is 32.3 Å². The average Bonchev–Trinajstić information content (AvgIpc) is 2.94. The van der Waals surface area contributed by atoms with E-state index in [-0.39, 0.29) is 0 Å².